The summed E-state index contributed by atoms with van der Waals surface area (Å²) in [6, 6.07) is 3.34. The van der Waals surface area contributed by atoms with Gasteiger partial charge in [-0.1, -0.05) is 6.42 Å². The van der Waals surface area contributed by atoms with Gasteiger partial charge in [0.25, 0.3) is 0 Å². The highest BCUT2D eigenvalue weighted by Gasteiger charge is 2.39. The molecular formula is C16H31N3. The van der Waals surface area contributed by atoms with Crippen LogP contribution in [0.3, 0.4) is 0 Å². The highest BCUT2D eigenvalue weighted by molar-refractivity contribution is 4.97. The average Bonchev–Trinajstić information content (AvgIpc) is 2.90. The van der Waals surface area contributed by atoms with Gasteiger partial charge < -0.3 is 5.32 Å². The van der Waals surface area contributed by atoms with Crippen molar-refractivity contribution in [1.82, 2.24) is 15.1 Å². The summed E-state index contributed by atoms with van der Waals surface area (Å²) in [6.45, 7) is 2.72. The van der Waals surface area contributed by atoms with Crippen molar-refractivity contribution in [3.63, 3.8) is 0 Å². The summed E-state index contributed by atoms with van der Waals surface area (Å²) in [7, 11) is 4.53. The van der Waals surface area contributed by atoms with Gasteiger partial charge in [0.1, 0.15) is 0 Å². The van der Waals surface area contributed by atoms with Crippen molar-refractivity contribution < 1.29 is 0 Å². The minimum atomic E-state index is 0.777. The van der Waals surface area contributed by atoms with E-state index in [2.05, 4.69) is 29.2 Å². The smallest absolute Gasteiger partial charge is 0.0263 e. The molecule has 1 aliphatic carbocycles. The Morgan fingerprint density at radius 2 is 1.74 bits per heavy atom. The van der Waals surface area contributed by atoms with Gasteiger partial charge in [0.15, 0.2) is 0 Å². The van der Waals surface area contributed by atoms with Crippen LogP contribution in [-0.2, 0) is 0 Å². The lowest BCUT2D eigenvalue weighted by Gasteiger charge is -2.42. The second-order valence-electron chi connectivity index (χ2n) is 6.91. The van der Waals surface area contributed by atoms with E-state index in [0.717, 1.165) is 24.2 Å². The van der Waals surface area contributed by atoms with E-state index in [1.54, 1.807) is 0 Å². The minimum absolute atomic E-state index is 0.777. The fourth-order valence-corrected chi connectivity index (χ4v) is 4.74. The number of nitrogens with one attached hydrogen (secondary N) is 1. The van der Waals surface area contributed by atoms with Crippen LogP contribution in [0.1, 0.15) is 51.4 Å². The van der Waals surface area contributed by atoms with Crippen molar-refractivity contribution in [3.8, 4) is 0 Å². The summed E-state index contributed by atoms with van der Waals surface area (Å²) in [6.07, 6.45) is 11.3. The van der Waals surface area contributed by atoms with Crippen molar-refractivity contribution in [2.45, 2.75) is 75.5 Å². The molecule has 0 aromatic heterocycles. The highest BCUT2D eigenvalue weighted by Crippen LogP contribution is 2.33. The first-order valence-corrected chi connectivity index (χ1v) is 8.43. The summed E-state index contributed by atoms with van der Waals surface area (Å²) in [4.78, 5) is 5.53. The number of hydrogen-bond acceptors (Lipinski definition) is 3. The Bertz CT molecular complexity index is 286. The predicted octanol–water partition coefficient (Wildman–Crippen LogP) is 2.08. The Balaban J connectivity index is 1.56. The molecule has 3 heteroatoms. The zero-order valence-corrected chi connectivity index (χ0v) is 12.8. The standard InChI is InChI=1S/C16H31N3/c1-17-13-6-8-14(9-7-13)18(2)15-10-12-19-11-4-3-5-16(15)19/h13-17H,3-12H2,1-2H3. The van der Waals surface area contributed by atoms with Gasteiger partial charge in [-0.05, 0) is 65.6 Å². The third-order valence-corrected chi connectivity index (χ3v) is 6.02. The Hall–Kier alpha value is -0.120. The van der Waals surface area contributed by atoms with Gasteiger partial charge in [-0.25, -0.2) is 0 Å². The van der Waals surface area contributed by atoms with Crippen LogP contribution in [-0.4, -0.2) is 61.2 Å². The number of likely N-dealkylation sites (N-methyl/N-ethyl adjacent to an activating group) is 1. The Morgan fingerprint density at radius 1 is 0.947 bits per heavy atom. The van der Waals surface area contributed by atoms with Crippen LogP contribution in [0, 0.1) is 0 Å². The lowest BCUT2D eigenvalue weighted by molar-refractivity contribution is 0.0826. The number of rotatable bonds is 3. The summed E-state index contributed by atoms with van der Waals surface area (Å²) < 4.78 is 0. The highest BCUT2D eigenvalue weighted by atomic mass is 15.3. The third kappa shape index (κ3) is 2.84. The molecule has 2 aliphatic heterocycles. The van der Waals surface area contributed by atoms with Crippen molar-refractivity contribution >= 4 is 0 Å². The molecule has 3 nitrogen and oxygen atoms in total. The fraction of sp³-hybridized carbons (Fsp3) is 1.00. The van der Waals surface area contributed by atoms with E-state index in [-0.39, 0.29) is 0 Å². The monoisotopic (exact) mass is 265 g/mol. The zero-order chi connectivity index (χ0) is 13.2. The lowest BCUT2D eigenvalue weighted by Crippen LogP contribution is -2.50. The van der Waals surface area contributed by atoms with Crippen molar-refractivity contribution in [2.75, 3.05) is 27.2 Å². The van der Waals surface area contributed by atoms with E-state index in [0.29, 0.717) is 0 Å². The van der Waals surface area contributed by atoms with E-state index in [4.69, 9.17) is 0 Å². The van der Waals surface area contributed by atoms with Crippen LogP contribution < -0.4 is 5.32 Å². The van der Waals surface area contributed by atoms with Crippen molar-refractivity contribution in [3.05, 3.63) is 0 Å². The normalized spacial score (nSPS) is 40.6. The molecule has 0 bridgehead atoms. The van der Waals surface area contributed by atoms with Gasteiger partial charge in [0, 0.05) is 30.7 Å². The zero-order valence-electron chi connectivity index (χ0n) is 12.8. The number of piperidine rings is 1. The molecule has 0 radical (unpaired) electrons. The summed E-state index contributed by atoms with van der Waals surface area (Å²) in [5.41, 5.74) is 0. The van der Waals surface area contributed by atoms with Crippen molar-refractivity contribution in [2.24, 2.45) is 0 Å². The van der Waals surface area contributed by atoms with E-state index in [1.807, 2.05) is 0 Å². The van der Waals surface area contributed by atoms with Gasteiger partial charge in [-0.3, -0.25) is 9.80 Å². The molecule has 110 valence electrons. The van der Waals surface area contributed by atoms with E-state index in [1.165, 1.54) is 64.5 Å². The Kier molecular flexibility index (Phi) is 4.45. The molecule has 2 unspecified atom stereocenters. The van der Waals surface area contributed by atoms with Crippen LogP contribution in [0.2, 0.25) is 0 Å². The fourth-order valence-electron chi connectivity index (χ4n) is 4.74. The molecule has 0 aromatic rings. The van der Waals surface area contributed by atoms with E-state index >= 15 is 0 Å². The molecule has 2 heterocycles. The number of fused-ring (bicyclic) bond motifs is 1. The third-order valence-electron chi connectivity index (χ3n) is 6.02. The molecule has 3 rings (SSSR count). The molecule has 0 spiro atoms. The summed E-state index contributed by atoms with van der Waals surface area (Å²) in [5.74, 6) is 0. The summed E-state index contributed by atoms with van der Waals surface area (Å²) >= 11 is 0. The van der Waals surface area contributed by atoms with Crippen LogP contribution in [0.4, 0.5) is 0 Å². The molecule has 0 aromatic carbocycles. The maximum atomic E-state index is 3.45. The topological polar surface area (TPSA) is 18.5 Å². The molecule has 2 saturated heterocycles. The minimum Gasteiger partial charge on any atom is -0.317 e. The first-order chi connectivity index (χ1) is 9.29. The van der Waals surface area contributed by atoms with Gasteiger partial charge in [-0.15, -0.1) is 0 Å². The molecule has 3 fully saturated rings. The van der Waals surface area contributed by atoms with Gasteiger partial charge >= 0.3 is 0 Å². The molecule has 1 N–H and O–H groups in total. The van der Waals surface area contributed by atoms with Crippen molar-refractivity contribution in [1.29, 1.82) is 0 Å². The Labute approximate surface area is 118 Å². The molecule has 0 amide bonds. The number of nitrogens with zero attached hydrogens (tertiary/aromatic N) is 2. The van der Waals surface area contributed by atoms with E-state index < -0.39 is 0 Å². The molecular weight excluding hydrogens is 234 g/mol. The molecule has 2 atom stereocenters. The first-order valence-electron chi connectivity index (χ1n) is 8.43. The van der Waals surface area contributed by atoms with Gasteiger partial charge in [0.05, 0.1) is 0 Å². The van der Waals surface area contributed by atoms with Crippen LogP contribution in [0.25, 0.3) is 0 Å². The van der Waals surface area contributed by atoms with Gasteiger partial charge in [0.2, 0.25) is 0 Å². The summed E-state index contributed by atoms with van der Waals surface area (Å²) in [5, 5.41) is 3.45. The van der Waals surface area contributed by atoms with Crippen LogP contribution >= 0.6 is 0 Å². The lowest BCUT2D eigenvalue weighted by atomic mass is 9.88. The second-order valence-corrected chi connectivity index (χ2v) is 6.91. The number of hydrogen-bond donors (Lipinski definition) is 1. The maximum Gasteiger partial charge on any atom is 0.0263 e. The Morgan fingerprint density at radius 3 is 2.47 bits per heavy atom. The SMILES string of the molecule is CNC1CCC(N(C)C2CCN3CCCCC23)CC1. The van der Waals surface area contributed by atoms with Gasteiger partial charge in [-0.2, -0.15) is 0 Å². The largest absolute Gasteiger partial charge is 0.317 e. The van der Waals surface area contributed by atoms with Crippen LogP contribution in [0.15, 0.2) is 0 Å². The second kappa shape index (κ2) is 6.11. The molecule has 3 aliphatic rings. The average molecular weight is 265 g/mol. The quantitative estimate of drug-likeness (QED) is 0.843. The van der Waals surface area contributed by atoms with Crippen LogP contribution in [0.5, 0.6) is 0 Å². The van der Waals surface area contributed by atoms with E-state index in [9.17, 15) is 0 Å². The predicted molar refractivity (Wildman–Crippen MR) is 80.5 cm³/mol. The molecule has 1 saturated carbocycles. The maximum absolute atomic E-state index is 3.45. The first kappa shape index (κ1) is 13.8. The molecule has 19 heavy (non-hydrogen) atoms.